The molecule has 0 aliphatic rings. The van der Waals surface area contributed by atoms with Gasteiger partial charge in [0.05, 0.1) is 16.3 Å². The third kappa shape index (κ3) is 5.22. The van der Waals surface area contributed by atoms with Gasteiger partial charge in [-0.25, -0.2) is 4.98 Å². The average Bonchev–Trinajstić information content (AvgIpc) is 2.82. The van der Waals surface area contributed by atoms with E-state index in [9.17, 15) is 0 Å². The average molecular weight is 411 g/mol. The lowest BCUT2D eigenvalue weighted by atomic mass is 10.1. The highest BCUT2D eigenvalue weighted by Crippen LogP contribution is 2.20. The molecule has 154 valence electrons. The van der Waals surface area contributed by atoms with Gasteiger partial charge in [0, 0.05) is 29.2 Å². The number of hydrogen-bond donors (Lipinski definition) is 3. The topological polar surface area (TPSA) is 110 Å². The van der Waals surface area contributed by atoms with Crippen molar-refractivity contribution in [1.82, 2.24) is 4.98 Å². The molecule has 0 spiro atoms. The van der Waals surface area contributed by atoms with E-state index in [4.69, 9.17) is 16.0 Å². The fourth-order valence-corrected chi connectivity index (χ4v) is 3.16. The molecule has 0 bridgehead atoms. The number of nitrogens with one attached hydrogen (secondary N) is 1. The van der Waals surface area contributed by atoms with Gasteiger partial charge in [-0.05, 0) is 42.0 Å². The van der Waals surface area contributed by atoms with E-state index in [1.165, 1.54) is 0 Å². The number of amidine groups is 1. The van der Waals surface area contributed by atoms with Crippen molar-refractivity contribution in [3.8, 4) is 5.75 Å². The lowest BCUT2D eigenvalue weighted by Gasteiger charge is -2.10. The quantitative estimate of drug-likeness (QED) is 0.179. The first-order chi connectivity index (χ1) is 15.2. The lowest BCUT2D eigenvalue weighted by Crippen LogP contribution is -2.23. The molecule has 0 atom stereocenters. The zero-order chi connectivity index (χ0) is 21.5. The number of benzene rings is 3. The van der Waals surface area contributed by atoms with Crippen LogP contribution in [0.5, 0.6) is 5.75 Å². The Morgan fingerprint density at radius 2 is 1.81 bits per heavy atom. The smallest absolute Gasteiger partial charge is 0.273 e. The Balaban J connectivity index is 1.35. The number of anilines is 1. The second-order valence-corrected chi connectivity index (χ2v) is 6.96. The van der Waals surface area contributed by atoms with Gasteiger partial charge in [0.25, 0.3) is 5.84 Å². The summed E-state index contributed by atoms with van der Waals surface area (Å²) in [6.45, 7) is 1.07. The maximum atomic E-state index is 5.95. The van der Waals surface area contributed by atoms with Gasteiger partial charge in [-0.2, -0.15) is 5.53 Å². The largest absolute Gasteiger partial charge is 0.487 e. The molecule has 0 fully saturated rings. The summed E-state index contributed by atoms with van der Waals surface area (Å²) in [4.78, 5) is 4.65. The van der Waals surface area contributed by atoms with Gasteiger partial charge in [0.1, 0.15) is 17.6 Å². The van der Waals surface area contributed by atoms with Gasteiger partial charge in [0.2, 0.25) is 0 Å². The summed E-state index contributed by atoms with van der Waals surface area (Å²) < 4.78 is 5.95. The van der Waals surface area contributed by atoms with E-state index in [1.807, 2.05) is 78.9 Å². The summed E-state index contributed by atoms with van der Waals surface area (Å²) in [5.41, 5.74) is 15.5. The molecule has 0 aliphatic heterocycles. The highest BCUT2D eigenvalue weighted by molar-refractivity contribution is 5.97. The minimum Gasteiger partial charge on any atom is -0.487 e. The predicted octanol–water partition coefficient (Wildman–Crippen LogP) is 3.26. The molecule has 0 saturated heterocycles. The monoisotopic (exact) mass is 411 g/mol. The molecule has 1 aromatic heterocycles. The van der Waals surface area contributed by atoms with E-state index in [0.717, 1.165) is 39.2 Å². The standard InChI is InChI=1S/C24H22N6O/c25-24(29-30-26)19-10-8-17(9-11-19)15-27-20-5-3-6-22(14-20)31-16-21-13-12-18-4-1-2-7-23(18)28-21/h1-14,27H,15-16H2,(H3,25,26,29)/p+1. The van der Waals surface area contributed by atoms with E-state index >= 15 is 0 Å². The van der Waals surface area contributed by atoms with Crippen LogP contribution in [0.4, 0.5) is 5.69 Å². The Kier molecular flexibility index (Phi) is 6.13. The van der Waals surface area contributed by atoms with Crippen molar-refractivity contribution < 1.29 is 10.3 Å². The molecule has 1 heterocycles. The minimum absolute atomic E-state index is 0.285. The van der Waals surface area contributed by atoms with Crippen LogP contribution in [0.2, 0.25) is 0 Å². The number of nitrogens with two attached hydrogens (primary N) is 2. The van der Waals surface area contributed by atoms with E-state index in [1.54, 1.807) is 0 Å². The van der Waals surface area contributed by atoms with Gasteiger partial charge < -0.3 is 15.8 Å². The Morgan fingerprint density at radius 3 is 2.65 bits per heavy atom. The predicted molar refractivity (Wildman–Crippen MR) is 121 cm³/mol. The van der Waals surface area contributed by atoms with Crippen LogP contribution < -0.4 is 21.3 Å². The van der Waals surface area contributed by atoms with Crippen LogP contribution >= 0.6 is 0 Å². The van der Waals surface area contributed by atoms with Crippen molar-refractivity contribution in [2.24, 2.45) is 16.1 Å². The second-order valence-electron chi connectivity index (χ2n) is 6.96. The van der Waals surface area contributed by atoms with Crippen molar-refractivity contribution in [1.29, 1.82) is 0 Å². The Hall–Kier alpha value is -4.26. The molecular weight excluding hydrogens is 388 g/mol. The molecule has 3 aromatic carbocycles. The highest BCUT2D eigenvalue weighted by Gasteiger charge is 2.05. The number of aromatic nitrogens is 1. The van der Waals surface area contributed by atoms with E-state index < -0.39 is 0 Å². The van der Waals surface area contributed by atoms with Gasteiger partial charge in [-0.3, -0.25) is 0 Å². The molecule has 0 amide bonds. The zero-order valence-corrected chi connectivity index (χ0v) is 16.9. The second kappa shape index (κ2) is 9.49. The highest BCUT2D eigenvalue weighted by atomic mass is 16.5. The van der Waals surface area contributed by atoms with Crippen LogP contribution in [0.3, 0.4) is 0 Å². The number of nitrogens with zero attached hydrogens (tertiary/aromatic N) is 3. The molecule has 4 aromatic rings. The molecule has 5 N–H and O–H groups in total. The Bertz CT molecular complexity index is 1220. The fourth-order valence-electron chi connectivity index (χ4n) is 3.16. The summed E-state index contributed by atoms with van der Waals surface area (Å²) >= 11 is 0. The van der Waals surface area contributed by atoms with Crippen molar-refractivity contribution in [2.75, 3.05) is 5.32 Å². The van der Waals surface area contributed by atoms with Gasteiger partial charge >= 0.3 is 0 Å². The van der Waals surface area contributed by atoms with Crippen LogP contribution in [0, 0.1) is 0 Å². The third-order valence-electron chi connectivity index (χ3n) is 4.79. The van der Waals surface area contributed by atoms with Crippen LogP contribution in [0.15, 0.2) is 95.3 Å². The van der Waals surface area contributed by atoms with Gasteiger partial charge in [0.15, 0.2) is 0 Å². The number of ether oxygens (including phenoxy) is 1. The first-order valence-electron chi connectivity index (χ1n) is 9.85. The van der Waals surface area contributed by atoms with Crippen molar-refractivity contribution >= 4 is 22.4 Å². The van der Waals surface area contributed by atoms with E-state index in [0.29, 0.717) is 13.2 Å². The van der Waals surface area contributed by atoms with Gasteiger partial charge in [-0.1, -0.05) is 42.5 Å². The number of rotatable bonds is 8. The molecule has 7 nitrogen and oxygen atoms in total. The number of para-hydroxylation sites is 1. The van der Waals surface area contributed by atoms with E-state index in [2.05, 4.69) is 26.7 Å². The maximum Gasteiger partial charge on any atom is 0.273 e. The van der Waals surface area contributed by atoms with Gasteiger partial charge in [-0.15, -0.1) is 0 Å². The third-order valence-corrected chi connectivity index (χ3v) is 4.79. The van der Waals surface area contributed by atoms with Crippen LogP contribution in [-0.2, 0) is 13.2 Å². The van der Waals surface area contributed by atoms with Crippen LogP contribution in [0.1, 0.15) is 16.8 Å². The Labute approximate surface area is 180 Å². The molecule has 0 unspecified atom stereocenters. The minimum atomic E-state index is 0.285. The molecule has 7 heteroatoms. The SMILES string of the molecule is N/C(=N\N=[NH2+])c1ccc(CNc2cccc(OCc3ccc4ccccc4n3)c2)cc1. The summed E-state index contributed by atoms with van der Waals surface area (Å²) in [5, 5.41) is 11.4. The first kappa shape index (κ1) is 20.0. The zero-order valence-electron chi connectivity index (χ0n) is 16.9. The van der Waals surface area contributed by atoms with Crippen molar-refractivity contribution in [2.45, 2.75) is 13.2 Å². The molecule has 4 rings (SSSR count). The molecular formula is C24H23N6O+. The molecule has 0 radical (unpaired) electrons. The summed E-state index contributed by atoms with van der Waals surface area (Å²) in [5.74, 6) is 1.07. The first-order valence-corrected chi connectivity index (χ1v) is 9.85. The summed E-state index contributed by atoms with van der Waals surface area (Å²) in [6, 6.07) is 27.7. The normalized spacial score (nSPS) is 11.3. The van der Waals surface area contributed by atoms with Crippen LogP contribution in [-0.4, -0.2) is 10.8 Å². The fraction of sp³-hybridized carbons (Fsp3) is 0.0833. The lowest BCUT2D eigenvalue weighted by molar-refractivity contribution is -0.221. The number of hydrogen-bond acceptors (Lipinski definition) is 4. The molecule has 0 saturated carbocycles. The summed E-state index contributed by atoms with van der Waals surface area (Å²) in [6.07, 6.45) is 0. The van der Waals surface area contributed by atoms with Crippen molar-refractivity contribution in [3.05, 3.63) is 102 Å². The number of pyridine rings is 1. The molecule has 0 aliphatic carbocycles. The number of fused-ring (bicyclic) bond motifs is 1. The summed E-state index contributed by atoms with van der Waals surface area (Å²) in [7, 11) is 0. The molecule has 31 heavy (non-hydrogen) atoms. The van der Waals surface area contributed by atoms with Crippen LogP contribution in [0.25, 0.3) is 10.9 Å². The maximum absolute atomic E-state index is 5.95. The van der Waals surface area contributed by atoms with E-state index in [-0.39, 0.29) is 5.84 Å². The Morgan fingerprint density at radius 1 is 0.968 bits per heavy atom. The van der Waals surface area contributed by atoms with Crippen molar-refractivity contribution in [3.63, 3.8) is 0 Å².